The molecule has 1 aromatic heterocycles. The molecule has 2 aromatic rings. The molecule has 0 bridgehead atoms. The van der Waals surface area contributed by atoms with Gasteiger partial charge in [-0.05, 0) is 24.6 Å². The van der Waals surface area contributed by atoms with Gasteiger partial charge in [0.15, 0.2) is 0 Å². The third-order valence-corrected chi connectivity index (χ3v) is 4.02. The number of aromatic nitrogens is 2. The van der Waals surface area contributed by atoms with Gasteiger partial charge in [-0.1, -0.05) is 42.1 Å². The number of hydrogen-bond donors (Lipinski definition) is 0. The quantitative estimate of drug-likeness (QED) is 0.501. The molecule has 2 nitrogen and oxygen atoms in total. The maximum absolute atomic E-state index is 5.89. The standard InChI is InChI=1S/C15H20BrClN2/c1-2-3-4-5-10-19-14-11-12(16)6-7-13(14)18-15(19)8-9-17/h6-7,11H,2-5,8-10H2,1H3. The van der Waals surface area contributed by atoms with Gasteiger partial charge in [0.2, 0.25) is 0 Å². The van der Waals surface area contributed by atoms with Gasteiger partial charge in [-0.3, -0.25) is 0 Å². The highest BCUT2D eigenvalue weighted by Gasteiger charge is 2.10. The maximum Gasteiger partial charge on any atom is 0.111 e. The Bertz CT molecular complexity index is 536. The minimum absolute atomic E-state index is 0.624. The zero-order chi connectivity index (χ0) is 13.7. The summed E-state index contributed by atoms with van der Waals surface area (Å²) in [5.74, 6) is 1.74. The minimum atomic E-state index is 0.624. The summed E-state index contributed by atoms with van der Waals surface area (Å²) < 4.78 is 3.44. The van der Waals surface area contributed by atoms with Crippen LogP contribution in [0.5, 0.6) is 0 Å². The van der Waals surface area contributed by atoms with Crippen molar-refractivity contribution in [3.8, 4) is 0 Å². The van der Waals surface area contributed by atoms with Crippen LogP contribution in [0, 0.1) is 0 Å². The van der Waals surface area contributed by atoms with Gasteiger partial charge in [0, 0.05) is 23.3 Å². The van der Waals surface area contributed by atoms with Gasteiger partial charge in [0.25, 0.3) is 0 Å². The molecule has 0 aliphatic carbocycles. The van der Waals surface area contributed by atoms with E-state index < -0.39 is 0 Å². The predicted octanol–water partition coefficient (Wildman–Crippen LogP) is 5.16. The summed E-state index contributed by atoms with van der Waals surface area (Å²) in [6, 6.07) is 6.26. The van der Waals surface area contributed by atoms with Crippen molar-refractivity contribution in [1.82, 2.24) is 9.55 Å². The number of hydrogen-bond acceptors (Lipinski definition) is 1. The predicted molar refractivity (Wildman–Crippen MR) is 86.0 cm³/mol. The number of aryl methyl sites for hydroxylation is 2. The molecule has 4 heteroatoms. The van der Waals surface area contributed by atoms with Gasteiger partial charge in [-0.2, -0.15) is 0 Å². The summed E-state index contributed by atoms with van der Waals surface area (Å²) >= 11 is 9.43. The zero-order valence-corrected chi connectivity index (χ0v) is 13.7. The van der Waals surface area contributed by atoms with E-state index in [1.807, 2.05) is 6.07 Å². The lowest BCUT2D eigenvalue weighted by Gasteiger charge is -2.08. The molecule has 104 valence electrons. The van der Waals surface area contributed by atoms with Crippen LogP contribution in [-0.4, -0.2) is 15.4 Å². The molecule has 0 aliphatic heterocycles. The van der Waals surface area contributed by atoms with Crippen LogP contribution in [0.3, 0.4) is 0 Å². The van der Waals surface area contributed by atoms with E-state index in [9.17, 15) is 0 Å². The molecule has 0 fully saturated rings. The molecule has 0 saturated carbocycles. The normalized spacial score (nSPS) is 11.3. The van der Waals surface area contributed by atoms with Crippen molar-refractivity contribution < 1.29 is 0 Å². The number of fused-ring (bicyclic) bond motifs is 1. The van der Waals surface area contributed by atoms with E-state index in [1.165, 1.54) is 31.2 Å². The van der Waals surface area contributed by atoms with Crippen LogP contribution in [0.4, 0.5) is 0 Å². The molecule has 0 radical (unpaired) electrons. The van der Waals surface area contributed by atoms with Crippen molar-refractivity contribution in [2.24, 2.45) is 0 Å². The minimum Gasteiger partial charge on any atom is -0.328 e. The zero-order valence-electron chi connectivity index (χ0n) is 11.3. The number of alkyl halides is 1. The molecule has 0 N–H and O–H groups in total. The number of rotatable bonds is 7. The summed E-state index contributed by atoms with van der Waals surface area (Å²) in [6.45, 7) is 3.28. The second kappa shape index (κ2) is 7.30. The first-order valence-corrected chi connectivity index (χ1v) is 8.29. The molecular weight excluding hydrogens is 324 g/mol. The van der Waals surface area contributed by atoms with Crippen LogP contribution in [0.2, 0.25) is 0 Å². The van der Waals surface area contributed by atoms with Crippen LogP contribution >= 0.6 is 27.5 Å². The van der Waals surface area contributed by atoms with Crippen LogP contribution in [0.1, 0.15) is 38.4 Å². The topological polar surface area (TPSA) is 17.8 Å². The fraction of sp³-hybridized carbons (Fsp3) is 0.533. The highest BCUT2D eigenvalue weighted by molar-refractivity contribution is 9.10. The third-order valence-electron chi connectivity index (χ3n) is 3.34. The first-order valence-electron chi connectivity index (χ1n) is 6.97. The first-order chi connectivity index (χ1) is 9.26. The molecule has 1 heterocycles. The lowest BCUT2D eigenvalue weighted by atomic mass is 10.2. The van der Waals surface area contributed by atoms with Crippen molar-refractivity contribution in [3.05, 3.63) is 28.5 Å². The highest BCUT2D eigenvalue weighted by Crippen LogP contribution is 2.22. The monoisotopic (exact) mass is 342 g/mol. The Morgan fingerprint density at radius 3 is 2.84 bits per heavy atom. The highest BCUT2D eigenvalue weighted by atomic mass is 79.9. The van der Waals surface area contributed by atoms with Gasteiger partial charge in [-0.25, -0.2) is 4.98 Å². The summed E-state index contributed by atoms with van der Waals surface area (Å²) in [5, 5.41) is 0. The third kappa shape index (κ3) is 3.73. The molecule has 0 amide bonds. The Balaban J connectivity index is 2.25. The van der Waals surface area contributed by atoms with E-state index in [-0.39, 0.29) is 0 Å². The van der Waals surface area contributed by atoms with Gasteiger partial charge in [0.05, 0.1) is 11.0 Å². The number of nitrogens with zero attached hydrogens (tertiary/aromatic N) is 2. The van der Waals surface area contributed by atoms with Crippen LogP contribution in [0.25, 0.3) is 11.0 Å². The number of benzene rings is 1. The summed E-state index contributed by atoms with van der Waals surface area (Å²) in [5.41, 5.74) is 2.28. The second-order valence-electron chi connectivity index (χ2n) is 4.81. The number of halogens is 2. The van der Waals surface area contributed by atoms with Gasteiger partial charge < -0.3 is 4.57 Å². The summed E-state index contributed by atoms with van der Waals surface area (Å²) in [7, 11) is 0. The van der Waals surface area contributed by atoms with Gasteiger partial charge in [0.1, 0.15) is 5.82 Å². The average molecular weight is 344 g/mol. The van der Waals surface area contributed by atoms with E-state index in [2.05, 4.69) is 39.6 Å². The fourth-order valence-electron chi connectivity index (χ4n) is 2.37. The Morgan fingerprint density at radius 1 is 1.26 bits per heavy atom. The molecular formula is C15H20BrClN2. The smallest absolute Gasteiger partial charge is 0.111 e. The molecule has 2 rings (SSSR count). The van der Waals surface area contributed by atoms with Crippen LogP contribution in [0.15, 0.2) is 22.7 Å². The second-order valence-corrected chi connectivity index (χ2v) is 6.11. The largest absolute Gasteiger partial charge is 0.328 e. The molecule has 0 unspecified atom stereocenters. The van der Waals surface area contributed by atoms with Crippen LogP contribution in [-0.2, 0) is 13.0 Å². The number of imidazole rings is 1. The summed E-state index contributed by atoms with van der Waals surface area (Å²) in [6.07, 6.45) is 5.90. The van der Waals surface area contributed by atoms with Crippen molar-refractivity contribution in [3.63, 3.8) is 0 Å². The van der Waals surface area contributed by atoms with E-state index in [0.29, 0.717) is 5.88 Å². The number of unbranched alkanes of at least 4 members (excludes halogenated alkanes) is 3. The maximum atomic E-state index is 5.89. The molecule has 0 atom stereocenters. The average Bonchev–Trinajstić information content (AvgIpc) is 2.73. The molecule has 0 saturated heterocycles. The van der Waals surface area contributed by atoms with Gasteiger partial charge in [-0.15, -0.1) is 11.6 Å². The molecule has 0 spiro atoms. The van der Waals surface area contributed by atoms with Gasteiger partial charge >= 0.3 is 0 Å². The first kappa shape index (κ1) is 14.9. The van der Waals surface area contributed by atoms with E-state index >= 15 is 0 Å². The van der Waals surface area contributed by atoms with Crippen molar-refractivity contribution in [2.75, 3.05) is 5.88 Å². The molecule has 1 aromatic carbocycles. The molecule has 0 aliphatic rings. The van der Waals surface area contributed by atoms with Crippen LogP contribution < -0.4 is 0 Å². The molecule has 19 heavy (non-hydrogen) atoms. The summed E-state index contributed by atoms with van der Waals surface area (Å²) in [4.78, 5) is 4.70. The Hall–Kier alpha value is -0.540. The van der Waals surface area contributed by atoms with E-state index in [0.717, 1.165) is 28.8 Å². The fourth-order valence-corrected chi connectivity index (χ4v) is 2.89. The van der Waals surface area contributed by atoms with Crippen molar-refractivity contribution >= 4 is 38.6 Å². The van der Waals surface area contributed by atoms with Crippen molar-refractivity contribution in [1.29, 1.82) is 0 Å². The Labute approximate surface area is 128 Å². The lowest BCUT2D eigenvalue weighted by Crippen LogP contribution is -2.05. The SMILES string of the molecule is CCCCCCn1c(CCCl)nc2ccc(Br)cc21. The van der Waals surface area contributed by atoms with Crippen molar-refractivity contribution in [2.45, 2.75) is 45.6 Å². The van der Waals surface area contributed by atoms with E-state index in [1.54, 1.807) is 0 Å². The van der Waals surface area contributed by atoms with E-state index in [4.69, 9.17) is 16.6 Å². The lowest BCUT2D eigenvalue weighted by molar-refractivity contribution is 0.576. The Kier molecular flexibility index (Phi) is 5.71. The Morgan fingerprint density at radius 2 is 2.11 bits per heavy atom.